The fourth-order valence-corrected chi connectivity index (χ4v) is 4.43. The molecule has 0 spiro atoms. The molecule has 1 saturated heterocycles. The highest BCUT2D eigenvalue weighted by atomic mass is 16.8. The Kier molecular flexibility index (Phi) is 4.98. The van der Waals surface area contributed by atoms with E-state index in [1.165, 1.54) is 16.7 Å². The van der Waals surface area contributed by atoms with E-state index in [4.69, 9.17) is 14.2 Å². The van der Waals surface area contributed by atoms with Crippen LogP contribution in [-0.2, 0) is 14.2 Å². The van der Waals surface area contributed by atoms with E-state index in [1.807, 2.05) is 0 Å². The Hall–Kier alpha value is -0.680. The van der Waals surface area contributed by atoms with Crippen molar-refractivity contribution in [3.05, 3.63) is 22.8 Å². The lowest BCUT2D eigenvalue weighted by molar-refractivity contribution is -0.307. The van der Waals surface area contributed by atoms with Crippen LogP contribution in [-0.4, -0.2) is 37.0 Å². The van der Waals surface area contributed by atoms with Crippen molar-refractivity contribution in [3.63, 3.8) is 0 Å². The molecule has 130 valence electrons. The maximum atomic E-state index is 10.3. The number of hydrogen-bond donors (Lipinski definition) is 1. The van der Waals surface area contributed by atoms with Crippen molar-refractivity contribution in [1.29, 1.82) is 0 Å². The molecule has 0 saturated carbocycles. The summed E-state index contributed by atoms with van der Waals surface area (Å²) >= 11 is 0. The van der Waals surface area contributed by atoms with Crippen LogP contribution in [0.5, 0.6) is 0 Å². The van der Waals surface area contributed by atoms with E-state index in [2.05, 4.69) is 26.8 Å². The average molecular weight is 322 g/mol. The van der Waals surface area contributed by atoms with Gasteiger partial charge in [-0.2, -0.15) is 0 Å². The number of rotatable bonds is 6. The first-order chi connectivity index (χ1) is 11.0. The van der Waals surface area contributed by atoms with Gasteiger partial charge >= 0.3 is 0 Å². The van der Waals surface area contributed by atoms with Crippen LogP contribution in [0.2, 0.25) is 0 Å². The number of aliphatic hydroxyl groups is 1. The molecule has 4 nitrogen and oxygen atoms in total. The zero-order valence-corrected chi connectivity index (χ0v) is 14.7. The van der Waals surface area contributed by atoms with Crippen molar-refractivity contribution in [2.24, 2.45) is 5.41 Å². The number of fused-ring (bicyclic) bond motifs is 1. The Morgan fingerprint density at radius 3 is 2.70 bits per heavy atom. The lowest BCUT2D eigenvalue weighted by atomic mass is 9.67. The van der Waals surface area contributed by atoms with Crippen molar-refractivity contribution in [2.45, 2.75) is 71.4 Å². The van der Waals surface area contributed by atoms with Crippen LogP contribution in [0, 0.1) is 5.41 Å². The highest BCUT2D eigenvalue weighted by Gasteiger charge is 2.46. The van der Waals surface area contributed by atoms with Crippen LogP contribution in [0.1, 0.15) is 59.3 Å². The van der Waals surface area contributed by atoms with Crippen molar-refractivity contribution < 1.29 is 19.3 Å². The Morgan fingerprint density at radius 2 is 2.04 bits per heavy atom. The average Bonchev–Trinajstić information content (AvgIpc) is 3.10. The largest absolute Gasteiger partial charge is 0.377 e. The molecule has 0 aromatic rings. The highest BCUT2D eigenvalue weighted by Crippen LogP contribution is 2.53. The molecule has 1 heterocycles. The lowest BCUT2D eigenvalue weighted by Gasteiger charge is -2.40. The normalized spacial score (nSPS) is 33.0. The fraction of sp³-hybridized carbons (Fsp3) is 0.789. The smallest absolute Gasteiger partial charge is 0.280 e. The maximum absolute atomic E-state index is 10.3. The van der Waals surface area contributed by atoms with Crippen molar-refractivity contribution in [3.8, 4) is 0 Å². The van der Waals surface area contributed by atoms with Gasteiger partial charge in [-0.3, -0.25) is 0 Å². The summed E-state index contributed by atoms with van der Waals surface area (Å²) in [6.07, 6.45) is 8.32. The second-order valence-corrected chi connectivity index (χ2v) is 7.06. The molecular weight excluding hydrogens is 292 g/mol. The predicted octanol–water partition coefficient (Wildman–Crippen LogP) is 3.70. The van der Waals surface area contributed by atoms with Gasteiger partial charge in [-0.15, -0.1) is 0 Å². The summed E-state index contributed by atoms with van der Waals surface area (Å²) in [5, 5.41) is 10.3. The molecule has 2 atom stereocenters. The van der Waals surface area contributed by atoms with Gasteiger partial charge in [0, 0.05) is 18.4 Å². The van der Waals surface area contributed by atoms with E-state index in [0.717, 1.165) is 38.7 Å². The predicted molar refractivity (Wildman–Crippen MR) is 88.9 cm³/mol. The lowest BCUT2D eigenvalue weighted by Crippen LogP contribution is -2.36. The van der Waals surface area contributed by atoms with Gasteiger partial charge in [0.05, 0.1) is 19.3 Å². The van der Waals surface area contributed by atoms with Gasteiger partial charge in [0.2, 0.25) is 0 Å². The topological polar surface area (TPSA) is 47.9 Å². The SMILES string of the molecule is CCOC1CC=C2C(CCC3(O)OCCO3)=C(CC)CCC21C. The van der Waals surface area contributed by atoms with Crippen LogP contribution in [0.4, 0.5) is 0 Å². The Labute approximate surface area is 139 Å². The molecule has 3 rings (SSSR count). The van der Waals surface area contributed by atoms with Gasteiger partial charge in [-0.25, -0.2) is 0 Å². The van der Waals surface area contributed by atoms with E-state index in [-0.39, 0.29) is 11.5 Å². The minimum atomic E-state index is -1.39. The van der Waals surface area contributed by atoms with E-state index in [0.29, 0.717) is 19.6 Å². The van der Waals surface area contributed by atoms with E-state index in [9.17, 15) is 5.11 Å². The van der Waals surface area contributed by atoms with Crippen LogP contribution < -0.4 is 0 Å². The van der Waals surface area contributed by atoms with Gasteiger partial charge in [-0.1, -0.05) is 25.5 Å². The minimum absolute atomic E-state index is 0.115. The fourth-order valence-electron chi connectivity index (χ4n) is 4.43. The standard InChI is InChI=1S/C19H30O4/c1-4-14-8-10-18(3)16(6-7-17(18)21-5-2)15(14)9-11-19(20)22-12-13-23-19/h6,17,20H,4-5,7-13H2,1-3H3. The van der Waals surface area contributed by atoms with Gasteiger partial charge in [-0.05, 0) is 50.2 Å². The van der Waals surface area contributed by atoms with E-state index in [1.54, 1.807) is 0 Å². The van der Waals surface area contributed by atoms with Gasteiger partial charge in [0.15, 0.2) is 0 Å². The third kappa shape index (κ3) is 3.14. The Balaban J connectivity index is 1.79. The molecule has 1 fully saturated rings. The Morgan fingerprint density at radius 1 is 1.30 bits per heavy atom. The molecule has 4 heteroatoms. The first kappa shape index (κ1) is 17.2. The minimum Gasteiger partial charge on any atom is -0.377 e. The molecule has 3 aliphatic rings. The van der Waals surface area contributed by atoms with Crippen molar-refractivity contribution >= 4 is 0 Å². The van der Waals surface area contributed by atoms with Gasteiger partial charge in [0.25, 0.3) is 5.97 Å². The molecule has 0 amide bonds. The summed E-state index contributed by atoms with van der Waals surface area (Å²) in [6, 6.07) is 0. The number of ether oxygens (including phenoxy) is 3. The van der Waals surface area contributed by atoms with E-state index >= 15 is 0 Å². The second-order valence-electron chi connectivity index (χ2n) is 7.06. The van der Waals surface area contributed by atoms with Crippen LogP contribution in [0.15, 0.2) is 22.8 Å². The summed E-state index contributed by atoms with van der Waals surface area (Å²) in [5.74, 6) is -1.39. The molecule has 1 N–H and O–H groups in total. The highest BCUT2D eigenvalue weighted by molar-refractivity contribution is 5.46. The third-order valence-corrected chi connectivity index (χ3v) is 5.78. The van der Waals surface area contributed by atoms with E-state index < -0.39 is 5.97 Å². The molecular formula is C19H30O4. The maximum Gasteiger partial charge on any atom is 0.280 e. The van der Waals surface area contributed by atoms with Crippen molar-refractivity contribution in [2.75, 3.05) is 19.8 Å². The second kappa shape index (κ2) is 6.67. The zero-order chi connectivity index (χ0) is 16.5. The van der Waals surface area contributed by atoms with Gasteiger partial charge in [0.1, 0.15) is 0 Å². The summed E-state index contributed by atoms with van der Waals surface area (Å²) in [6.45, 7) is 8.36. The summed E-state index contributed by atoms with van der Waals surface area (Å²) in [4.78, 5) is 0. The van der Waals surface area contributed by atoms with Crippen LogP contribution >= 0.6 is 0 Å². The van der Waals surface area contributed by atoms with Crippen LogP contribution in [0.25, 0.3) is 0 Å². The molecule has 0 bridgehead atoms. The number of hydrogen-bond acceptors (Lipinski definition) is 4. The zero-order valence-electron chi connectivity index (χ0n) is 14.7. The first-order valence-corrected chi connectivity index (χ1v) is 9.06. The van der Waals surface area contributed by atoms with Crippen LogP contribution in [0.3, 0.4) is 0 Å². The third-order valence-electron chi connectivity index (χ3n) is 5.78. The first-order valence-electron chi connectivity index (χ1n) is 9.06. The summed E-state index contributed by atoms with van der Waals surface area (Å²) < 4.78 is 16.7. The monoisotopic (exact) mass is 322 g/mol. The molecule has 1 aliphatic heterocycles. The molecule has 0 radical (unpaired) electrons. The summed E-state index contributed by atoms with van der Waals surface area (Å²) in [5.41, 5.74) is 4.49. The summed E-state index contributed by atoms with van der Waals surface area (Å²) in [7, 11) is 0. The van der Waals surface area contributed by atoms with Crippen molar-refractivity contribution in [1.82, 2.24) is 0 Å². The number of allylic oxidation sites excluding steroid dienone is 2. The molecule has 0 aromatic carbocycles. The van der Waals surface area contributed by atoms with Gasteiger partial charge < -0.3 is 19.3 Å². The Bertz CT molecular complexity index is 501. The molecule has 0 aromatic heterocycles. The quantitative estimate of drug-likeness (QED) is 0.810. The molecule has 23 heavy (non-hydrogen) atoms. The molecule has 2 aliphatic carbocycles. The molecule has 2 unspecified atom stereocenters.